The summed E-state index contributed by atoms with van der Waals surface area (Å²) in [5, 5.41) is 0. The molecule has 0 unspecified atom stereocenters. The van der Waals surface area contributed by atoms with Crippen LogP contribution < -0.4 is 10.5 Å². The maximum atomic E-state index is 14.0. The zero-order valence-electron chi connectivity index (χ0n) is 10.9. The molecule has 2 aromatic carbocycles. The predicted molar refractivity (Wildman–Crippen MR) is 71.9 cm³/mol. The van der Waals surface area contributed by atoms with Crippen molar-refractivity contribution in [1.29, 1.82) is 0 Å². The summed E-state index contributed by atoms with van der Waals surface area (Å²) < 4.78 is 47.0. The lowest BCUT2D eigenvalue weighted by Gasteiger charge is -2.09. The highest BCUT2D eigenvalue weighted by Gasteiger charge is 2.19. The molecular formula is C14H10F3N3O. The van der Waals surface area contributed by atoms with Crippen molar-refractivity contribution in [3.05, 3.63) is 47.8 Å². The van der Waals surface area contributed by atoms with Gasteiger partial charge in [-0.05, 0) is 12.1 Å². The van der Waals surface area contributed by atoms with Crippen molar-refractivity contribution >= 4 is 17.0 Å². The summed E-state index contributed by atoms with van der Waals surface area (Å²) in [6.45, 7) is 0. The van der Waals surface area contributed by atoms with E-state index in [-0.39, 0.29) is 11.6 Å². The van der Waals surface area contributed by atoms with Crippen LogP contribution in [-0.2, 0) is 0 Å². The number of aromatic nitrogens is 2. The van der Waals surface area contributed by atoms with Gasteiger partial charge in [0.1, 0.15) is 17.1 Å². The second kappa shape index (κ2) is 4.69. The fourth-order valence-corrected chi connectivity index (χ4v) is 2.21. The van der Waals surface area contributed by atoms with E-state index in [4.69, 9.17) is 10.5 Å². The number of nitrogen functional groups attached to an aromatic ring is 1. The van der Waals surface area contributed by atoms with Gasteiger partial charge in [0.2, 0.25) is 5.95 Å². The number of nitrogens with zero attached hydrogens (tertiary/aromatic N) is 2. The number of methoxy groups -OCH3 is 1. The second-order valence-corrected chi connectivity index (χ2v) is 4.35. The summed E-state index contributed by atoms with van der Waals surface area (Å²) in [5.74, 6) is -3.08. The van der Waals surface area contributed by atoms with Crippen molar-refractivity contribution in [3.63, 3.8) is 0 Å². The third-order valence-corrected chi connectivity index (χ3v) is 3.11. The molecule has 0 atom stereocenters. The summed E-state index contributed by atoms with van der Waals surface area (Å²) in [5.41, 5.74) is 6.18. The zero-order valence-corrected chi connectivity index (χ0v) is 10.9. The lowest BCUT2D eigenvalue weighted by Crippen LogP contribution is -2.05. The van der Waals surface area contributed by atoms with Crippen LogP contribution in [0.2, 0.25) is 0 Å². The van der Waals surface area contributed by atoms with Gasteiger partial charge in [0.15, 0.2) is 11.6 Å². The smallest absolute Gasteiger partial charge is 0.206 e. The maximum absolute atomic E-state index is 14.0. The van der Waals surface area contributed by atoms with Gasteiger partial charge >= 0.3 is 0 Å². The van der Waals surface area contributed by atoms with Gasteiger partial charge < -0.3 is 10.5 Å². The average Bonchev–Trinajstić information content (AvgIpc) is 2.78. The van der Waals surface area contributed by atoms with Gasteiger partial charge in [-0.1, -0.05) is 6.07 Å². The number of fused-ring (bicyclic) bond motifs is 1. The Labute approximate surface area is 117 Å². The van der Waals surface area contributed by atoms with Crippen molar-refractivity contribution in [2.45, 2.75) is 0 Å². The maximum Gasteiger partial charge on any atom is 0.206 e. The van der Waals surface area contributed by atoms with Crippen LogP contribution in [-0.4, -0.2) is 16.7 Å². The Balaban J connectivity index is 2.39. The summed E-state index contributed by atoms with van der Waals surface area (Å²) in [7, 11) is 1.45. The van der Waals surface area contributed by atoms with E-state index >= 15 is 0 Å². The van der Waals surface area contributed by atoms with Crippen LogP contribution >= 0.6 is 0 Å². The second-order valence-electron chi connectivity index (χ2n) is 4.35. The molecule has 21 heavy (non-hydrogen) atoms. The van der Waals surface area contributed by atoms with Gasteiger partial charge in [-0.15, -0.1) is 0 Å². The quantitative estimate of drug-likeness (QED) is 0.739. The molecule has 0 amide bonds. The summed E-state index contributed by atoms with van der Waals surface area (Å²) in [6, 6.07) is 6.22. The predicted octanol–water partition coefficient (Wildman–Crippen LogP) is 3.03. The molecule has 4 nitrogen and oxygen atoms in total. The highest BCUT2D eigenvalue weighted by molar-refractivity contribution is 5.86. The van der Waals surface area contributed by atoms with E-state index in [0.717, 1.165) is 10.6 Å². The van der Waals surface area contributed by atoms with Crippen molar-refractivity contribution in [2.75, 3.05) is 12.8 Å². The van der Waals surface area contributed by atoms with Gasteiger partial charge in [0.05, 0.1) is 18.3 Å². The SMILES string of the molecule is COc1cccc2c1nc(N)n2-c1cc(F)cc(F)c1F. The Bertz CT molecular complexity index is 845. The van der Waals surface area contributed by atoms with Crippen LogP contribution in [0.5, 0.6) is 5.75 Å². The van der Waals surface area contributed by atoms with Crippen LogP contribution in [0.15, 0.2) is 30.3 Å². The van der Waals surface area contributed by atoms with E-state index in [1.165, 1.54) is 7.11 Å². The molecule has 7 heteroatoms. The molecule has 3 aromatic rings. The van der Waals surface area contributed by atoms with Crippen LogP contribution in [0, 0.1) is 17.5 Å². The van der Waals surface area contributed by atoms with E-state index in [9.17, 15) is 13.2 Å². The molecule has 0 fully saturated rings. The van der Waals surface area contributed by atoms with Gasteiger partial charge in [-0.25, -0.2) is 18.2 Å². The van der Waals surface area contributed by atoms with Crippen LogP contribution in [0.4, 0.5) is 19.1 Å². The largest absolute Gasteiger partial charge is 0.494 e. The summed E-state index contributed by atoms with van der Waals surface area (Å²) in [4.78, 5) is 4.06. The minimum atomic E-state index is -1.30. The molecule has 0 aliphatic rings. The number of anilines is 1. The number of hydrogen-bond acceptors (Lipinski definition) is 3. The molecule has 1 heterocycles. The van der Waals surface area contributed by atoms with Crippen molar-refractivity contribution in [2.24, 2.45) is 0 Å². The number of benzene rings is 2. The summed E-state index contributed by atoms with van der Waals surface area (Å²) in [6.07, 6.45) is 0. The molecule has 2 N–H and O–H groups in total. The monoisotopic (exact) mass is 293 g/mol. The molecule has 0 bridgehead atoms. The molecule has 0 saturated heterocycles. The van der Waals surface area contributed by atoms with Crippen molar-refractivity contribution < 1.29 is 17.9 Å². The number of hydrogen-bond donors (Lipinski definition) is 1. The van der Waals surface area contributed by atoms with Gasteiger partial charge in [0, 0.05) is 12.1 Å². The molecule has 1 aromatic heterocycles. The fraction of sp³-hybridized carbons (Fsp3) is 0.0714. The molecule has 3 rings (SSSR count). The Morgan fingerprint density at radius 3 is 2.67 bits per heavy atom. The Hall–Kier alpha value is -2.70. The Morgan fingerprint density at radius 1 is 1.19 bits per heavy atom. The number of rotatable bonds is 2. The Kier molecular flexibility index (Phi) is 2.97. The third kappa shape index (κ3) is 1.97. The molecule has 0 radical (unpaired) electrons. The lowest BCUT2D eigenvalue weighted by atomic mass is 10.2. The van der Waals surface area contributed by atoms with E-state index in [0.29, 0.717) is 22.8 Å². The van der Waals surface area contributed by atoms with E-state index in [1.807, 2.05) is 0 Å². The van der Waals surface area contributed by atoms with Crippen LogP contribution in [0.3, 0.4) is 0 Å². The molecular weight excluding hydrogens is 283 g/mol. The fourth-order valence-electron chi connectivity index (χ4n) is 2.21. The van der Waals surface area contributed by atoms with Crippen molar-refractivity contribution in [3.8, 4) is 11.4 Å². The first-order chi connectivity index (χ1) is 10.0. The number of imidazole rings is 1. The minimum Gasteiger partial charge on any atom is -0.494 e. The van der Waals surface area contributed by atoms with Crippen molar-refractivity contribution in [1.82, 2.24) is 9.55 Å². The molecule has 0 aliphatic carbocycles. The van der Waals surface area contributed by atoms with Gasteiger partial charge in [-0.2, -0.15) is 0 Å². The Morgan fingerprint density at radius 2 is 1.95 bits per heavy atom. The standard InChI is InChI=1S/C14H10F3N3O/c1-21-11-4-2-3-9-13(11)19-14(18)20(9)10-6-7(15)5-8(16)12(10)17/h2-6H,1H3,(H2,18,19). The van der Waals surface area contributed by atoms with E-state index < -0.39 is 17.5 Å². The topological polar surface area (TPSA) is 53.1 Å². The molecule has 0 spiro atoms. The number of ether oxygens (including phenoxy) is 1. The molecule has 108 valence electrons. The number of para-hydroxylation sites is 1. The van der Waals surface area contributed by atoms with Gasteiger partial charge in [-0.3, -0.25) is 4.57 Å². The first-order valence-electron chi connectivity index (χ1n) is 5.98. The number of halogens is 3. The third-order valence-electron chi connectivity index (χ3n) is 3.11. The minimum absolute atomic E-state index is 0.0987. The highest BCUT2D eigenvalue weighted by Crippen LogP contribution is 2.31. The summed E-state index contributed by atoms with van der Waals surface area (Å²) >= 11 is 0. The lowest BCUT2D eigenvalue weighted by molar-refractivity contribution is 0.419. The first kappa shape index (κ1) is 13.3. The number of nitrogens with two attached hydrogens (primary N) is 1. The highest BCUT2D eigenvalue weighted by atomic mass is 19.2. The van der Waals surface area contributed by atoms with Crippen LogP contribution in [0.1, 0.15) is 0 Å². The van der Waals surface area contributed by atoms with Gasteiger partial charge in [0.25, 0.3) is 0 Å². The van der Waals surface area contributed by atoms with E-state index in [2.05, 4.69) is 4.98 Å². The van der Waals surface area contributed by atoms with Crippen LogP contribution in [0.25, 0.3) is 16.7 Å². The van der Waals surface area contributed by atoms with E-state index in [1.54, 1.807) is 18.2 Å². The average molecular weight is 293 g/mol. The molecule has 0 saturated carbocycles. The normalized spacial score (nSPS) is 11.0. The zero-order chi connectivity index (χ0) is 15.1. The molecule has 0 aliphatic heterocycles. The first-order valence-corrected chi connectivity index (χ1v) is 5.98.